The van der Waals surface area contributed by atoms with Crippen LogP contribution in [-0.2, 0) is 0 Å². The van der Waals surface area contributed by atoms with Crippen molar-refractivity contribution < 1.29 is 0 Å². The number of hydrogen-bond donors (Lipinski definition) is 2. The Balaban J connectivity index is 2.10. The molecule has 0 saturated heterocycles. The van der Waals surface area contributed by atoms with Crippen LogP contribution in [0, 0.1) is 11.8 Å². The third-order valence-electron chi connectivity index (χ3n) is 4.35. The van der Waals surface area contributed by atoms with E-state index in [0.717, 1.165) is 27.6 Å². The molecule has 3 N–H and O–H groups in total. The monoisotopic (exact) mass is 340 g/mol. The topological polar surface area (TPSA) is 38.0 Å². The lowest BCUT2D eigenvalue weighted by Gasteiger charge is -2.23. The second-order valence-corrected chi connectivity index (χ2v) is 6.71. The number of halogens is 1. The molecule has 2 rings (SSSR count). The molecule has 3 atom stereocenters. The van der Waals surface area contributed by atoms with Crippen LogP contribution in [-0.4, -0.2) is 11.0 Å². The van der Waals surface area contributed by atoms with Crippen molar-refractivity contribution in [2.45, 2.75) is 39.2 Å². The molecule has 1 aromatic carbocycles. The molecule has 3 unspecified atom stereocenters. The number of anilines is 1. The Kier molecular flexibility index (Phi) is 4.85. The lowest BCUT2D eigenvalue weighted by molar-refractivity contribution is 0.392. The van der Waals surface area contributed by atoms with Gasteiger partial charge in [-0.2, -0.15) is 0 Å². The van der Waals surface area contributed by atoms with E-state index in [9.17, 15) is 0 Å². The largest absolute Gasteiger partial charge is 0.389 e. The first kappa shape index (κ1) is 14.8. The first-order valence-electron chi connectivity index (χ1n) is 6.88. The van der Waals surface area contributed by atoms with E-state index in [1.807, 2.05) is 12.1 Å². The minimum absolute atomic E-state index is 0.438. The Bertz CT molecular complexity index is 475. The summed E-state index contributed by atoms with van der Waals surface area (Å²) in [6.45, 7) is 4.65. The molecule has 1 saturated carbocycles. The molecule has 1 aromatic rings. The standard InChI is InChI=1S/C15H21BrN2S/c1-3-10-4-6-13(9(10)2)18-14-7-5-11(15(17)19)8-12(14)16/h5,7-10,13,18H,3-4,6H2,1-2H3,(H2,17,19). The molecule has 0 amide bonds. The molecule has 104 valence electrons. The molecular weight excluding hydrogens is 320 g/mol. The van der Waals surface area contributed by atoms with Crippen molar-refractivity contribution in [2.75, 3.05) is 5.32 Å². The number of nitrogens with one attached hydrogen (secondary N) is 1. The van der Waals surface area contributed by atoms with Gasteiger partial charge in [-0.15, -0.1) is 0 Å². The average Bonchev–Trinajstić information content (AvgIpc) is 2.72. The molecular formula is C15H21BrN2S. The number of rotatable bonds is 4. The van der Waals surface area contributed by atoms with E-state index in [1.165, 1.54) is 19.3 Å². The van der Waals surface area contributed by atoms with Crippen molar-refractivity contribution in [1.29, 1.82) is 0 Å². The fourth-order valence-corrected chi connectivity index (χ4v) is 3.63. The maximum absolute atomic E-state index is 5.64. The second kappa shape index (κ2) is 6.23. The van der Waals surface area contributed by atoms with Gasteiger partial charge in [0.2, 0.25) is 0 Å². The lowest BCUT2D eigenvalue weighted by atomic mass is 9.93. The SMILES string of the molecule is CCC1CCC(Nc2ccc(C(N)=S)cc2Br)C1C. The van der Waals surface area contributed by atoms with Gasteiger partial charge in [-0.05, 0) is 58.8 Å². The van der Waals surface area contributed by atoms with Crippen molar-refractivity contribution in [3.05, 3.63) is 28.2 Å². The molecule has 0 aromatic heterocycles. The molecule has 0 aliphatic heterocycles. The number of thiocarbonyl (C=S) groups is 1. The zero-order chi connectivity index (χ0) is 14.0. The zero-order valence-corrected chi connectivity index (χ0v) is 13.9. The van der Waals surface area contributed by atoms with Crippen LogP contribution in [0.3, 0.4) is 0 Å². The van der Waals surface area contributed by atoms with Crippen LogP contribution in [0.2, 0.25) is 0 Å². The van der Waals surface area contributed by atoms with Gasteiger partial charge in [-0.25, -0.2) is 0 Å². The first-order valence-corrected chi connectivity index (χ1v) is 8.09. The highest BCUT2D eigenvalue weighted by atomic mass is 79.9. The molecule has 2 nitrogen and oxygen atoms in total. The van der Waals surface area contributed by atoms with Crippen molar-refractivity contribution >= 4 is 38.8 Å². The molecule has 1 fully saturated rings. The highest BCUT2D eigenvalue weighted by Crippen LogP contribution is 2.37. The summed E-state index contributed by atoms with van der Waals surface area (Å²) in [5.74, 6) is 1.58. The summed E-state index contributed by atoms with van der Waals surface area (Å²) in [7, 11) is 0. The molecule has 0 bridgehead atoms. The molecule has 1 aliphatic rings. The molecule has 0 spiro atoms. The van der Waals surface area contributed by atoms with Crippen LogP contribution in [0.25, 0.3) is 0 Å². The zero-order valence-electron chi connectivity index (χ0n) is 11.4. The predicted octanol–water partition coefficient (Wildman–Crippen LogP) is 4.32. The highest BCUT2D eigenvalue weighted by molar-refractivity contribution is 9.10. The van der Waals surface area contributed by atoms with Crippen molar-refractivity contribution in [3.63, 3.8) is 0 Å². The van der Waals surface area contributed by atoms with E-state index in [-0.39, 0.29) is 0 Å². The Labute approximate surface area is 129 Å². The number of benzene rings is 1. The second-order valence-electron chi connectivity index (χ2n) is 5.41. The minimum atomic E-state index is 0.438. The predicted molar refractivity (Wildman–Crippen MR) is 89.6 cm³/mol. The van der Waals surface area contributed by atoms with E-state index >= 15 is 0 Å². The normalized spacial score (nSPS) is 26.4. The minimum Gasteiger partial charge on any atom is -0.389 e. The van der Waals surface area contributed by atoms with Crippen molar-refractivity contribution in [3.8, 4) is 0 Å². The maximum Gasteiger partial charge on any atom is 0.104 e. The van der Waals surface area contributed by atoms with Gasteiger partial charge in [0.25, 0.3) is 0 Å². The van der Waals surface area contributed by atoms with Crippen molar-refractivity contribution in [1.82, 2.24) is 0 Å². The highest BCUT2D eigenvalue weighted by Gasteiger charge is 2.31. The number of nitrogens with two attached hydrogens (primary N) is 1. The Morgan fingerprint density at radius 2 is 2.21 bits per heavy atom. The molecule has 1 aliphatic carbocycles. The summed E-state index contributed by atoms with van der Waals surface area (Å²) in [6.07, 6.45) is 3.86. The van der Waals surface area contributed by atoms with E-state index in [2.05, 4.69) is 41.2 Å². The van der Waals surface area contributed by atoms with Gasteiger partial charge in [0, 0.05) is 21.8 Å². The van der Waals surface area contributed by atoms with Crippen LogP contribution in [0.4, 0.5) is 5.69 Å². The Morgan fingerprint density at radius 1 is 1.47 bits per heavy atom. The van der Waals surface area contributed by atoms with E-state index < -0.39 is 0 Å². The Hall–Kier alpha value is -0.610. The third-order valence-corrected chi connectivity index (χ3v) is 5.24. The van der Waals surface area contributed by atoms with Gasteiger partial charge in [0.15, 0.2) is 0 Å². The van der Waals surface area contributed by atoms with Gasteiger partial charge in [0.05, 0.1) is 0 Å². The first-order chi connectivity index (χ1) is 9.02. The summed E-state index contributed by atoms with van der Waals surface area (Å²) in [4.78, 5) is 0.438. The summed E-state index contributed by atoms with van der Waals surface area (Å²) in [6, 6.07) is 6.59. The quantitative estimate of drug-likeness (QED) is 0.801. The molecule has 0 radical (unpaired) electrons. The van der Waals surface area contributed by atoms with E-state index in [4.69, 9.17) is 18.0 Å². The van der Waals surface area contributed by atoms with Crippen molar-refractivity contribution in [2.24, 2.45) is 17.6 Å². The third kappa shape index (κ3) is 3.29. The van der Waals surface area contributed by atoms with Gasteiger partial charge < -0.3 is 11.1 Å². The summed E-state index contributed by atoms with van der Waals surface area (Å²) < 4.78 is 1.03. The van der Waals surface area contributed by atoms with Crippen LogP contribution < -0.4 is 11.1 Å². The van der Waals surface area contributed by atoms with Crippen LogP contribution in [0.5, 0.6) is 0 Å². The van der Waals surface area contributed by atoms with Gasteiger partial charge in [-0.1, -0.05) is 32.5 Å². The molecule has 19 heavy (non-hydrogen) atoms. The molecule has 4 heteroatoms. The van der Waals surface area contributed by atoms with Gasteiger partial charge in [0.1, 0.15) is 4.99 Å². The van der Waals surface area contributed by atoms with Gasteiger partial charge in [-0.3, -0.25) is 0 Å². The van der Waals surface area contributed by atoms with E-state index in [1.54, 1.807) is 0 Å². The van der Waals surface area contributed by atoms with Gasteiger partial charge >= 0.3 is 0 Å². The van der Waals surface area contributed by atoms with Crippen LogP contribution in [0.1, 0.15) is 38.7 Å². The maximum atomic E-state index is 5.64. The smallest absolute Gasteiger partial charge is 0.104 e. The summed E-state index contributed by atoms with van der Waals surface area (Å²) >= 11 is 8.59. The van der Waals surface area contributed by atoms with E-state index in [0.29, 0.717) is 11.0 Å². The van der Waals surface area contributed by atoms with Crippen LogP contribution in [0.15, 0.2) is 22.7 Å². The lowest BCUT2D eigenvalue weighted by Crippen LogP contribution is -2.24. The fourth-order valence-electron chi connectivity index (χ4n) is 3.01. The average molecular weight is 341 g/mol. The fraction of sp³-hybridized carbons (Fsp3) is 0.533. The molecule has 0 heterocycles. The summed E-state index contributed by atoms with van der Waals surface area (Å²) in [5, 5.41) is 3.66. The Morgan fingerprint density at radius 3 is 2.74 bits per heavy atom. The van der Waals surface area contributed by atoms with Crippen LogP contribution >= 0.6 is 28.1 Å². The number of hydrogen-bond acceptors (Lipinski definition) is 2. The summed E-state index contributed by atoms with van der Waals surface area (Å²) in [5.41, 5.74) is 7.68.